The minimum absolute atomic E-state index is 0.146. The van der Waals surface area contributed by atoms with E-state index in [1.165, 1.54) is 10.6 Å². The number of carbonyl (C=O) groups excluding carboxylic acids is 1. The van der Waals surface area contributed by atoms with E-state index in [2.05, 4.69) is 5.10 Å². The van der Waals surface area contributed by atoms with Crippen LogP contribution in [-0.4, -0.2) is 31.7 Å². The van der Waals surface area contributed by atoms with Crippen LogP contribution < -0.4 is 5.56 Å². The zero-order chi connectivity index (χ0) is 20.0. The van der Waals surface area contributed by atoms with Crippen molar-refractivity contribution in [3.8, 4) is 5.69 Å². The van der Waals surface area contributed by atoms with Crippen molar-refractivity contribution in [1.82, 2.24) is 19.2 Å². The molecule has 1 amide bonds. The fraction of sp³-hybridized carbons (Fsp3) is 0.250. The number of carbonyl (C=O) groups is 1. The van der Waals surface area contributed by atoms with Gasteiger partial charge in [0.25, 0.3) is 11.5 Å². The van der Waals surface area contributed by atoms with Crippen LogP contribution in [0.2, 0.25) is 10.0 Å². The van der Waals surface area contributed by atoms with Crippen molar-refractivity contribution < 1.29 is 4.79 Å². The number of aryl methyl sites for hydroxylation is 1. The Bertz CT molecular complexity index is 1140. The van der Waals surface area contributed by atoms with Crippen LogP contribution in [0.4, 0.5) is 0 Å². The topological polar surface area (TPSA) is 60.1 Å². The summed E-state index contributed by atoms with van der Waals surface area (Å²) in [6.45, 7) is 2.50. The summed E-state index contributed by atoms with van der Waals surface area (Å²) < 4.78 is 3.03. The van der Waals surface area contributed by atoms with Gasteiger partial charge in [-0.25, -0.2) is 0 Å². The zero-order valence-corrected chi connectivity index (χ0v) is 16.9. The molecule has 0 aliphatic carbocycles. The number of benzene rings is 1. The highest BCUT2D eigenvalue weighted by Crippen LogP contribution is 2.36. The first-order valence-electron chi connectivity index (χ1n) is 8.85. The van der Waals surface area contributed by atoms with Crippen LogP contribution in [0.3, 0.4) is 0 Å². The Morgan fingerprint density at radius 1 is 1.21 bits per heavy atom. The highest BCUT2D eigenvalue weighted by atomic mass is 35.5. The molecule has 144 valence electrons. The smallest absolute Gasteiger partial charge is 0.255 e. The lowest BCUT2D eigenvalue weighted by molar-refractivity contribution is 0.0677. The molecule has 3 aromatic rings. The van der Waals surface area contributed by atoms with Crippen LogP contribution in [0.5, 0.6) is 0 Å². The summed E-state index contributed by atoms with van der Waals surface area (Å²) in [4.78, 5) is 27.2. The molecule has 0 N–H and O–H groups in total. The highest BCUT2D eigenvalue weighted by Gasteiger charge is 2.30. The number of nitrogens with zero attached hydrogens (tertiary/aromatic N) is 4. The Morgan fingerprint density at radius 2 is 2.00 bits per heavy atom. The number of halogens is 2. The second-order valence-electron chi connectivity index (χ2n) is 6.88. The fourth-order valence-electron chi connectivity index (χ4n) is 3.65. The lowest BCUT2D eigenvalue weighted by Gasteiger charge is -2.36. The van der Waals surface area contributed by atoms with Gasteiger partial charge in [-0.1, -0.05) is 23.2 Å². The van der Waals surface area contributed by atoms with E-state index in [9.17, 15) is 9.59 Å². The van der Waals surface area contributed by atoms with E-state index in [-0.39, 0.29) is 17.5 Å². The summed E-state index contributed by atoms with van der Waals surface area (Å²) in [5.74, 6) is -0.146. The van der Waals surface area contributed by atoms with Gasteiger partial charge in [0, 0.05) is 42.1 Å². The van der Waals surface area contributed by atoms with Crippen molar-refractivity contribution in [2.24, 2.45) is 7.05 Å². The number of pyridine rings is 1. The quantitative estimate of drug-likeness (QED) is 0.640. The molecule has 6 nitrogen and oxygen atoms in total. The molecule has 0 spiro atoms. The molecule has 1 aliphatic heterocycles. The Labute approximate surface area is 171 Å². The lowest BCUT2D eigenvalue weighted by Crippen LogP contribution is -2.39. The third-order valence-corrected chi connectivity index (χ3v) is 5.66. The summed E-state index contributed by atoms with van der Waals surface area (Å²) in [5.41, 5.74) is 2.81. The predicted molar refractivity (Wildman–Crippen MR) is 108 cm³/mol. The second kappa shape index (κ2) is 7.11. The minimum atomic E-state index is -0.222. The van der Waals surface area contributed by atoms with E-state index in [1.54, 1.807) is 47.4 Å². The second-order valence-corrected chi connectivity index (χ2v) is 7.72. The zero-order valence-electron chi connectivity index (χ0n) is 15.4. The third kappa shape index (κ3) is 3.23. The summed E-state index contributed by atoms with van der Waals surface area (Å²) in [5, 5.41) is 5.27. The monoisotopic (exact) mass is 416 g/mol. The molecule has 28 heavy (non-hydrogen) atoms. The van der Waals surface area contributed by atoms with E-state index in [0.29, 0.717) is 34.3 Å². The molecule has 0 bridgehead atoms. The number of rotatable bonds is 2. The molecule has 0 fully saturated rings. The van der Waals surface area contributed by atoms with Gasteiger partial charge in [-0.05, 0) is 42.7 Å². The molecule has 1 aliphatic rings. The molecule has 1 unspecified atom stereocenters. The van der Waals surface area contributed by atoms with Crippen LogP contribution >= 0.6 is 23.2 Å². The normalized spacial score (nSPS) is 16.1. The number of amides is 1. The molecule has 3 heterocycles. The minimum Gasteiger partial charge on any atom is -0.331 e. The first-order chi connectivity index (χ1) is 13.3. The van der Waals surface area contributed by atoms with Crippen molar-refractivity contribution in [1.29, 1.82) is 0 Å². The SMILES string of the molecule is CC1c2cc(Cl)cc(Cl)c2CCN1C(=O)c1ccc(=O)n(-c2cnn(C)c2)c1. The van der Waals surface area contributed by atoms with Crippen molar-refractivity contribution in [2.75, 3.05) is 6.54 Å². The Balaban J connectivity index is 1.69. The van der Waals surface area contributed by atoms with E-state index >= 15 is 0 Å². The van der Waals surface area contributed by atoms with E-state index in [0.717, 1.165) is 11.1 Å². The van der Waals surface area contributed by atoms with Crippen molar-refractivity contribution in [3.05, 3.63) is 79.9 Å². The number of hydrogen-bond donors (Lipinski definition) is 0. The van der Waals surface area contributed by atoms with E-state index < -0.39 is 0 Å². The summed E-state index contributed by atoms with van der Waals surface area (Å²) in [6.07, 6.45) is 5.53. The standard InChI is InChI=1S/C20H18Cl2N4O2/c1-12-17-7-14(21)8-18(22)16(17)5-6-25(12)20(28)13-3-4-19(27)26(10-13)15-9-23-24(2)11-15/h3-4,7-12H,5-6H2,1-2H3. The van der Waals surface area contributed by atoms with Gasteiger partial charge in [0.2, 0.25) is 0 Å². The van der Waals surface area contributed by atoms with Gasteiger partial charge in [0.15, 0.2) is 0 Å². The van der Waals surface area contributed by atoms with Gasteiger partial charge < -0.3 is 4.90 Å². The molecular formula is C20H18Cl2N4O2. The van der Waals surface area contributed by atoms with Crippen LogP contribution in [0, 0.1) is 0 Å². The molecule has 1 aromatic carbocycles. The lowest BCUT2D eigenvalue weighted by atomic mass is 9.93. The largest absolute Gasteiger partial charge is 0.331 e. The molecule has 0 saturated carbocycles. The van der Waals surface area contributed by atoms with Gasteiger partial charge in [0.1, 0.15) is 0 Å². The van der Waals surface area contributed by atoms with Gasteiger partial charge in [-0.15, -0.1) is 0 Å². The molecular weight excluding hydrogens is 399 g/mol. The number of hydrogen-bond acceptors (Lipinski definition) is 3. The molecule has 8 heteroatoms. The van der Waals surface area contributed by atoms with Crippen molar-refractivity contribution in [2.45, 2.75) is 19.4 Å². The Morgan fingerprint density at radius 3 is 2.71 bits per heavy atom. The highest BCUT2D eigenvalue weighted by molar-refractivity contribution is 6.35. The van der Waals surface area contributed by atoms with Crippen LogP contribution in [-0.2, 0) is 13.5 Å². The average molecular weight is 417 g/mol. The molecule has 2 aromatic heterocycles. The Kier molecular flexibility index (Phi) is 4.77. The first-order valence-corrected chi connectivity index (χ1v) is 9.61. The molecule has 0 radical (unpaired) electrons. The molecule has 0 saturated heterocycles. The maximum atomic E-state index is 13.2. The summed E-state index contributed by atoms with van der Waals surface area (Å²) in [6, 6.07) is 6.38. The number of aromatic nitrogens is 3. The summed E-state index contributed by atoms with van der Waals surface area (Å²) >= 11 is 12.5. The number of fused-ring (bicyclic) bond motifs is 1. The van der Waals surface area contributed by atoms with Gasteiger partial charge in [-0.2, -0.15) is 5.10 Å². The predicted octanol–water partition coefficient (Wildman–Crippen LogP) is 3.64. The summed E-state index contributed by atoms with van der Waals surface area (Å²) in [7, 11) is 1.77. The van der Waals surface area contributed by atoms with E-state index in [1.807, 2.05) is 13.0 Å². The fourth-order valence-corrected chi connectivity index (χ4v) is 4.25. The van der Waals surface area contributed by atoms with Crippen LogP contribution in [0.15, 0.2) is 47.7 Å². The Hall–Kier alpha value is -2.57. The first kappa shape index (κ1) is 18.8. The van der Waals surface area contributed by atoms with Crippen LogP contribution in [0.1, 0.15) is 34.5 Å². The van der Waals surface area contributed by atoms with Gasteiger partial charge in [-0.3, -0.25) is 18.8 Å². The maximum absolute atomic E-state index is 13.2. The van der Waals surface area contributed by atoms with Crippen molar-refractivity contribution in [3.63, 3.8) is 0 Å². The van der Waals surface area contributed by atoms with E-state index in [4.69, 9.17) is 23.2 Å². The maximum Gasteiger partial charge on any atom is 0.255 e. The van der Waals surface area contributed by atoms with Crippen LogP contribution in [0.25, 0.3) is 5.69 Å². The van der Waals surface area contributed by atoms with Gasteiger partial charge in [0.05, 0.1) is 23.5 Å². The van der Waals surface area contributed by atoms with Crippen molar-refractivity contribution >= 4 is 29.1 Å². The van der Waals surface area contributed by atoms with Gasteiger partial charge >= 0.3 is 0 Å². The molecule has 4 rings (SSSR count). The average Bonchev–Trinajstić information content (AvgIpc) is 3.08. The third-order valence-electron chi connectivity index (χ3n) is 5.10. The molecule has 1 atom stereocenters.